The van der Waals surface area contributed by atoms with Crippen LogP contribution in [0.4, 0.5) is 0 Å². The van der Waals surface area contributed by atoms with Crippen LogP contribution in [0.1, 0.15) is 70.4 Å². The molecule has 2 heteroatoms. The van der Waals surface area contributed by atoms with E-state index >= 15 is 0 Å². The molecule has 0 amide bonds. The third kappa shape index (κ3) is 3.80. The molecule has 2 nitrogen and oxygen atoms in total. The normalized spacial score (nSPS) is 15.1. The fraction of sp³-hybridized carbons (Fsp3) is 0.500. The van der Waals surface area contributed by atoms with Crippen LogP contribution in [0.3, 0.4) is 0 Å². The van der Waals surface area contributed by atoms with E-state index in [1.54, 1.807) is 0 Å². The quantitative estimate of drug-likeness (QED) is 0.414. The molecule has 0 bridgehead atoms. The number of hydrogen-bond acceptors (Lipinski definition) is 2. The molecule has 1 aliphatic carbocycles. The van der Waals surface area contributed by atoms with Gasteiger partial charge in [-0.3, -0.25) is 4.79 Å². The summed E-state index contributed by atoms with van der Waals surface area (Å²) in [5.41, 5.74) is 3.97. The summed E-state index contributed by atoms with van der Waals surface area (Å²) in [4.78, 5) is 13.9. The minimum atomic E-state index is -0.665. The van der Waals surface area contributed by atoms with Crippen LogP contribution in [-0.4, -0.2) is 19.0 Å². The number of hydrogen-bond donors (Lipinski definition) is 0. The SMILES string of the molecule is CCCCC(CC)CC(=O)C1(COCCC)c2ccccc2-c2ccccc21. The van der Waals surface area contributed by atoms with Crippen molar-refractivity contribution in [2.24, 2.45) is 5.92 Å². The second-order valence-electron chi connectivity index (χ2n) is 8.09. The lowest BCUT2D eigenvalue weighted by Gasteiger charge is -2.32. The van der Waals surface area contributed by atoms with Crippen LogP contribution in [-0.2, 0) is 14.9 Å². The van der Waals surface area contributed by atoms with Gasteiger partial charge in [-0.1, -0.05) is 95.0 Å². The van der Waals surface area contributed by atoms with Crippen LogP contribution in [0.2, 0.25) is 0 Å². The van der Waals surface area contributed by atoms with Crippen molar-refractivity contribution in [1.82, 2.24) is 0 Å². The standard InChI is InChI=1S/C26H34O2/c1-4-7-12-20(6-3)18-25(27)26(19-28-17-5-2)23-15-10-8-13-21(23)22-14-9-11-16-24(22)26/h8-11,13-16,20H,4-7,12,17-19H2,1-3H3. The van der Waals surface area contributed by atoms with E-state index in [0.29, 0.717) is 31.3 Å². The van der Waals surface area contributed by atoms with Crippen molar-refractivity contribution in [2.75, 3.05) is 13.2 Å². The number of Topliss-reactive ketones (excluding diaryl/α,β-unsaturated/α-hetero) is 1. The highest BCUT2D eigenvalue weighted by atomic mass is 16.5. The predicted octanol–water partition coefficient (Wildman–Crippen LogP) is 6.56. The topological polar surface area (TPSA) is 26.3 Å². The first-order chi connectivity index (χ1) is 13.7. The van der Waals surface area contributed by atoms with Gasteiger partial charge in [0.05, 0.1) is 6.61 Å². The van der Waals surface area contributed by atoms with Crippen molar-refractivity contribution in [3.8, 4) is 11.1 Å². The highest BCUT2D eigenvalue weighted by Crippen LogP contribution is 2.50. The summed E-state index contributed by atoms with van der Waals surface area (Å²) in [5.74, 6) is 0.777. The summed E-state index contributed by atoms with van der Waals surface area (Å²) in [5, 5.41) is 0. The number of ether oxygens (including phenoxy) is 1. The van der Waals surface area contributed by atoms with Crippen molar-refractivity contribution in [3.05, 3.63) is 59.7 Å². The molecular formula is C26H34O2. The number of rotatable bonds is 11. The maximum Gasteiger partial charge on any atom is 0.150 e. The molecule has 2 aromatic carbocycles. The van der Waals surface area contributed by atoms with Gasteiger partial charge in [-0.2, -0.15) is 0 Å². The molecule has 1 aliphatic rings. The molecule has 0 radical (unpaired) electrons. The van der Waals surface area contributed by atoms with E-state index in [2.05, 4.69) is 69.3 Å². The highest BCUT2D eigenvalue weighted by Gasteiger charge is 2.48. The highest BCUT2D eigenvalue weighted by molar-refractivity contribution is 6.02. The number of ketones is 1. The van der Waals surface area contributed by atoms with Crippen molar-refractivity contribution in [3.63, 3.8) is 0 Å². The van der Waals surface area contributed by atoms with Gasteiger partial charge in [-0.15, -0.1) is 0 Å². The van der Waals surface area contributed by atoms with Crippen LogP contribution < -0.4 is 0 Å². The zero-order chi connectivity index (χ0) is 20.0. The lowest BCUT2D eigenvalue weighted by Crippen LogP contribution is -2.41. The van der Waals surface area contributed by atoms with E-state index in [9.17, 15) is 4.79 Å². The van der Waals surface area contributed by atoms with Crippen LogP contribution in [0.15, 0.2) is 48.5 Å². The Morgan fingerprint density at radius 1 is 0.929 bits per heavy atom. The maximum atomic E-state index is 13.9. The van der Waals surface area contributed by atoms with E-state index in [0.717, 1.165) is 30.4 Å². The molecule has 28 heavy (non-hydrogen) atoms. The zero-order valence-corrected chi connectivity index (χ0v) is 17.7. The van der Waals surface area contributed by atoms with Crippen LogP contribution in [0.25, 0.3) is 11.1 Å². The molecule has 0 spiro atoms. The first-order valence-electron chi connectivity index (χ1n) is 11.0. The Morgan fingerprint density at radius 3 is 2.07 bits per heavy atom. The first-order valence-corrected chi connectivity index (χ1v) is 11.0. The van der Waals surface area contributed by atoms with E-state index < -0.39 is 5.41 Å². The third-order valence-corrected chi connectivity index (χ3v) is 6.22. The van der Waals surface area contributed by atoms with Crippen molar-refractivity contribution in [1.29, 1.82) is 0 Å². The number of carbonyl (C=O) groups excluding carboxylic acids is 1. The molecule has 0 N–H and O–H groups in total. The Hall–Kier alpha value is -1.93. The van der Waals surface area contributed by atoms with Gasteiger partial charge >= 0.3 is 0 Å². The van der Waals surface area contributed by atoms with Gasteiger partial charge in [0.25, 0.3) is 0 Å². The summed E-state index contributed by atoms with van der Waals surface area (Å²) in [7, 11) is 0. The summed E-state index contributed by atoms with van der Waals surface area (Å²) >= 11 is 0. The molecule has 3 rings (SSSR count). The summed E-state index contributed by atoms with van der Waals surface area (Å²) in [6.07, 6.45) is 6.16. The average Bonchev–Trinajstić information content (AvgIpc) is 3.02. The van der Waals surface area contributed by atoms with Crippen molar-refractivity contribution >= 4 is 5.78 Å². The number of fused-ring (bicyclic) bond motifs is 3. The van der Waals surface area contributed by atoms with Gasteiger partial charge in [0.15, 0.2) is 0 Å². The lowest BCUT2D eigenvalue weighted by atomic mass is 9.72. The van der Waals surface area contributed by atoms with Crippen LogP contribution in [0, 0.1) is 5.92 Å². The molecule has 0 heterocycles. The first kappa shape index (κ1) is 20.8. The van der Waals surface area contributed by atoms with Crippen LogP contribution >= 0.6 is 0 Å². The monoisotopic (exact) mass is 378 g/mol. The molecule has 1 atom stereocenters. The molecule has 150 valence electrons. The predicted molar refractivity (Wildman–Crippen MR) is 117 cm³/mol. The van der Waals surface area contributed by atoms with Crippen LogP contribution in [0.5, 0.6) is 0 Å². The zero-order valence-electron chi connectivity index (χ0n) is 17.7. The molecule has 2 aromatic rings. The Morgan fingerprint density at radius 2 is 1.54 bits per heavy atom. The fourth-order valence-electron chi connectivity index (χ4n) is 4.61. The Bertz CT molecular complexity index is 747. The maximum absolute atomic E-state index is 13.9. The van der Waals surface area contributed by atoms with E-state index in [4.69, 9.17) is 4.74 Å². The molecule has 0 saturated carbocycles. The summed E-state index contributed by atoms with van der Waals surface area (Å²) < 4.78 is 6.08. The van der Waals surface area contributed by atoms with Gasteiger partial charge in [0, 0.05) is 13.0 Å². The largest absolute Gasteiger partial charge is 0.380 e. The molecule has 0 saturated heterocycles. The fourth-order valence-corrected chi connectivity index (χ4v) is 4.61. The minimum Gasteiger partial charge on any atom is -0.380 e. The lowest BCUT2D eigenvalue weighted by molar-refractivity contribution is -0.126. The van der Waals surface area contributed by atoms with Gasteiger partial charge < -0.3 is 4.74 Å². The molecule has 0 fully saturated rings. The number of unbranched alkanes of at least 4 members (excludes halogenated alkanes) is 1. The smallest absolute Gasteiger partial charge is 0.150 e. The molecule has 1 unspecified atom stereocenters. The Labute approximate surface area is 170 Å². The molecular weight excluding hydrogens is 344 g/mol. The van der Waals surface area contributed by atoms with Gasteiger partial charge in [-0.05, 0) is 34.6 Å². The minimum absolute atomic E-state index is 0.323. The second kappa shape index (κ2) is 9.52. The van der Waals surface area contributed by atoms with E-state index in [-0.39, 0.29) is 0 Å². The number of carbonyl (C=O) groups is 1. The average molecular weight is 379 g/mol. The van der Waals surface area contributed by atoms with Gasteiger partial charge in [0.1, 0.15) is 11.2 Å². The van der Waals surface area contributed by atoms with Crippen molar-refractivity contribution in [2.45, 2.75) is 64.7 Å². The van der Waals surface area contributed by atoms with E-state index in [1.165, 1.54) is 24.0 Å². The van der Waals surface area contributed by atoms with E-state index in [1.807, 2.05) is 0 Å². The third-order valence-electron chi connectivity index (χ3n) is 6.22. The van der Waals surface area contributed by atoms with Crippen molar-refractivity contribution < 1.29 is 9.53 Å². The second-order valence-corrected chi connectivity index (χ2v) is 8.09. The molecule has 0 aliphatic heterocycles. The molecule has 0 aromatic heterocycles. The Balaban J connectivity index is 2.04. The van der Waals surface area contributed by atoms with Gasteiger partial charge in [0.2, 0.25) is 0 Å². The Kier molecular flexibility index (Phi) is 7.07. The summed E-state index contributed by atoms with van der Waals surface area (Å²) in [6, 6.07) is 16.8. The van der Waals surface area contributed by atoms with Gasteiger partial charge in [-0.25, -0.2) is 0 Å². The number of benzene rings is 2. The summed E-state index contributed by atoms with van der Waals surface area (Å²) in [6.45, 7) is 7.68.